The number of likely N-dealkylation sites (tertiary alicyclic amines) is 1. The Morgan fingerprint density at radius 2 is 2.19 bits per heavy atom. The van der Waals surface area contributed by atoms with Crippen molar-refractivity contribution >= 4 is 16.9 Å². The third kappa shape index (κ3) is 3.75. The number of fused-ring (bicyclic) bond motifs is 1. The lowest BCUT2D eigenvalue weighted by Crippen LogP contribution is -2.31. The third-order valence-electron chi connectivity index (χ3n) is 4.91. The van der Waals surface area contributed by atoms with Gasteiger partial charge < -0.3 is 10.3 Å². The van der Waals surface area contributed by atoms with Crippen molar-refractivity contribution in [3.05, 3.63) is 59.7 Å². The average Bonchev–Trinajstić information content (AvgIpc) is 3.26. The second kappa shape index (κ2) is 7.25. The van der Waals surface area contributed by atoms with Crippen LogP contribution in [0.4, 0.5) is 0 Å². The predicted molar refractivity (Wildman–Crippen MR) is 101 cm³/mol. The van der Waals surface area contributed by atoms with Crippen molar-refractivity contribution < 1.29 is 4.79 Å². The lowest BCUT2D eigenvalue weighted by Gasteiger charge is -2.15. The Labute approximate surface area is 152 Å². The van der Waals surface area contributed by atoms with Crippen LogP contribution in [0.2, 0.25) is 0 Å². The highest BCUT2D eigenvalue weighted by molar-refractivity contribution is 5.93. The van der Waals surface area contributed by atoms with E-state index in [-0.39, 0.29) is 5.91 Å². The van der Waals surface area contributed by atoms with Crippen LogP contribution in [-0.2, 0) is 6.54 Å². The molecule has 1 aliphatic heterocycles. The third-order valence-corrected chi connectivity index (χ3v) is 4.91. The lowest BCUT2D eigenvalue weighted by molar-refractivity contribution is 0.0947. The van der Waals surface area contributed by atoms with E-state index in [0.29, 0.717) is 18.0 Å². The Bertz CT molecular complexity index is 869. The number of carbonyl (C=O) groups is 1. The summed E-state index contributed by atoms with van der Waals surface area (Å²) in [6.07, 6.45) is 2.72. The summed E-state index contributed by atoms with van der Waals surface area (Å²) in [6.45, 7) is 5.44. The maximum absolute atomic E-state index is 12.2. The molecule has 0 unspecified atom stereocenters. The number of para-hydroxylation sites is 2. The summed E-state index contributed by atoms with van der Waals surface area (Å²) >= 11 is 0. The number of aryl methyl sites for hydroxylation is 1. The number of rotatable bonds is 5. The highest BCUT2D eigenvalue weighted by Crippen LogP contribution is 2.19. The monoisotopic (exact) mass is 349 g/mol. The standard InChI is InChI=1S/C20H23N5O/c1-14-6-7-16(11-21-14)20(26)22-10-15-8-9-25(12-15)13-19-23-17-4-2-3-5-18(17)24-19/h2-7,11,15H,8-10,12-13H2,1H3,(H,22,26)(H,23,24)/t15-/m1/s1. The van der Waals surface area contributed by atoms with Crippen LogP contribution in [0.1, 0.15) is 28.3 Å². The summed E-state index contributed by atoms with van der Waals surface area (Å²) in [4.78, 5) is 26.8. The Hall–Kier alpha value is -2.73. The number of amides is 1. The molecular weight excluding hydrogens is 326 g/mol. The smallest absolute Gasteiger partial charge is 0.252 e. The number of hydrogen-bond acceptors (Lipinski definition) is 4. The Morgan fingerprint density at radius 3 is 3.00 bits per heavy atom. The van der Waals surface area contributed by atoms with Crippen molar-refractivity contribution in [2.75, 3.05) is 19.6 Å². The van der Waals surface area contributed by atoms with Crippen LogP contribution in [0.3, 0.4) is 0 Å². The fourth-order valence-corrected chi connectivity index (χ4v) is 3.46. The Balaban J connectivity index is 1.28. The molecule has 2 N–H and O–H groups in total. The number of aromatic amines is 1. The topological polar surface area (TPSA) is 73.9 Å². The van der Waals surface area contributed by atoms with Crippen LogP contribution < -0.4 is 5.32 Å². The number of nitrogens with one attached hydrogen (secondary N) is 2. The van der Waals surface area contributed by atoms with Crippen LogP contribution in [0.15, 0.2) is 42.6 Å². The van der Waals surface area contributed by atoms with Gasteiger partial charge in [-0.05, 0) is 50.1 Å². The zero-order valence-electron chi connectivity index (χ0n) is 14.9. The largest absolute Gasteiger partial charge is 0.352 e. The van der Waals surface area contributed by atoms with Crippen LogP contribution in [0.5, 0.6) is 0 Å². The van der Waals surface area contributed by atoms with E-state index in [1.54, 1.807) is 6.20 Å². The van der Waals surface area contributed by atoms with E-state index in [2.05, 4.69) is 25.2 Å². The summed E-state index contributed by atoms with van der Waals surface area (Å²) in [5.74, 6) is 1.43. The van der Waals surface area contributed by atoms with Crippen LogP contribution in [0.25, 0.3) is 11.0 Å². The molecule has 1 atom stereocenters. The molecule has 3 aromatic rings. The quantitative estimate of drug-likeness (QED) is 0.742. The molecule has 1 aromatic carbocycles. The number of nitrogens with zero attached hydrogens (tertiary/aromatic N) is 3. The maximum atomic E-state index is 12.2. The molecule has 0 radical (unpaired) electrons. The van der Waals surface area contributed by atoms with Gasteiger partial charge in [-0.15, -0.1) is 0 Å². The lowest BCUT2D eigenvalue weighted by atomic mass is 10.1. The van der Waals surface area contributed by atoms with Gasteiger partial charge in [-0.3, -0.25) is 14.7 Å². The van der Waals surface area contributed by atoms with Crippen molar-refractivity contribution in [2.24, 2.45) is 5.92 Å². The molecular formula is C20H23N5O. The summed E-state index contributed by atoms with van der Waals surface area (Å²) in [5.41, 5.74) is 3.63. The minimum atomic E-state index is -0.0479. The summed E-state index contributed by atoms with van der Waals surface area (Å²) in [7, 11) is 0. The van der Waals surface area contributed by atoms with Crippen LogP contribution in [0, 0.1) is 12.8 Å². The molecule has 1 aliphatic rings. The molecule has 0 saturated carbocycles. The van der Waals surface area contributed by atoms with Gasteiger partial charge in [0.2, 0.25) is 0 Å². The fraction of sp³-hybridized carbons (Fsp3) is 0.350. The van der Waals surface area contributed by atoms with E-state index in [0.717, 1.165) is 48.6 Å². The second-order valence-electron chi connectivity index (χ2n) is 6.99. The Kier molecular flexibility index (Phi) is 4.67. The van der Waals surface area contributed by atoms with E-state index in [1.807, 2.05) is 43.3 Å². The summed E-state index contributed by atoms with van der Waals surface area (Å²) < 4.78 is 0. The molecule has 1 saturated heterocycles. The average molecular weight is 349 g/mol. The highest BCUT2D eigenvalue weighted by Gasteiger charge is 2.23. The van der Waals surface area contributed by atoms with Gasteiger partial charge in [0.25, 0.3) is 5.91 Å². The van der Waals surface area contributed by atoms with Gasteiger partial charge in [-0.2, -0.15) is 0 Å². The minimum absolute atomic E-state index is 0.0479. The van der Waals surface area contributed by atoms with E-state index < -0.39 is 0 Å². The first-order valence-electron chi connectivity index (χ1n) is 9.04. The molecule has 3 heterocycles. The summed E-state index contributed by atoms with van der Waals surface area (Å²) in [5, 5.41) is 3.04. The van der Waals surface area contributed by atoms with Gasteiger partial charge >= 0.3 is 0 Å². The molecule has 0 bridgehead atoms. The molecule has 1 amide bonds. The number of aromatic nitrogens is 3. The number of imidazole rings is 1. The molecule has 6 nitrogen and oxygen atoms in total. The van der Waals surface area contributed by atoms with Gasteiger partial charge in [0.1, 0.15) is 5.82 Å². The number of benzene rings is 1. The first-order valence-corrected chi connectivity index (χ1v) is 9.04. The molecule has 2 aromatic heterocycles. The van der Waals surface area contributed by atoms with Crippen molar-refractivity contribution in [3.8, 4) is 0 Å². The Morgan fingerprint density at radius 1 is 1.31 bits per heavy atom. The minimum Gasteiger partial charge on any atom is -0.352 e. The van der Waals surface area contributed by atoms with E-state index in [1.165, 1.54) is 0 Å². The van der Waals surface area contributed by atoms with Crippen molar-refractivity contribution in [1.82, 2.24) is 25.2 Å². The zero-order valence-corrected chi connectivity index (χ0v) is 14.9. The van der Waals surface area contributed by atoms with E-state index in [9.17, 15) is 4.79 Å². The number of H-pyrrole nitrogens is 1. The van der Waals surface area contributed by atoms with E-state index >= 15 is 0 Å². The van der Waals surface area contributed by atoms with Crippen LogP contribution in [-0.4, -0.2) is 45.4 Å². The van der Waals surface area contributed by atoms with Crippen molar-refractivity contribution in [1.29, 1.82) is 0 Å². The SMILES string of the molecule is Cc1ccc(C(=O)NC[C@H]2CCN(Cc3nc4ccccc4[nH]3)C2)cn1. The molecule has 0 spiro atoms. The van der Waals surface area contributed by atoms with Gasteiger partial charge in [0, 0.05) is 25.0 Å². The van der Waals surface area contributed by atoms with E-state index in [4.69, 9.17) is 0 Å². The maximum Gasteiger partial charge on any atom is 0.252 e. The van der Waals surface area contributed by atoms with Gasteiger partial charge in [0.05, 0.1) is 23.1 Å². The molecule has 134 valence electrons. The normalized spacial score (nSPS) is 17.7. The predicted octanol–water partition coefficient (Wildman–Crippen LogP) is 2.52. The first-order chi connectivity index (χ1) is 12.7. The summed E-state index contributed by atoms with van der Waals surface area (Å²) in [6, 6.07) is 11.8. The second-order valence-corrected chi connectivity index (χ2v) is 6.99. The number of carbonyl (C=O) groups excluding carboxylic acids is 1. The zero-order chi connectivity index (χ0) is 17.9. The van der Waals surface area contributed by atoms with Crippen molar-refractivity contribution in [2.45, 2.75) is 19.9 Å². The van der Waals surface area contributed by atoms with Gasteiger partial charge in [0.15, 0.2) is 0 Å². The fourth-order valence-electron chi connectivity index (χ4n) is 3.46. The number of pyridine rings is 1. The first kappa shape index (κ1) is 16.7. The molecule has 0 aliphatic carbocycles. The molecule has 6 heteroatoms. The van der Waals surface area contributed by atoms with Gasteiger partial charge in [-0.1, -0.05) is 12.1 Å². The molecule has 1 fully saturated rings. The van der Waals surface area contributed by atoms with Crippen LogP contribution >= 0.6 is 0 Å². The van der Waals surface area contributed by atoms with Crippen molar-refractivity contribution in [3.63, 3.8) is 0 Å². The molecule has 26 heavy (non-hydrogen) atoms. The number of hydrogen-bond donors (Lipinski definition) is 2. The van der Waals surface area contributed by atoms with Gasteiger partial charge in [-0.25, -0.2) is 4.98 Å². The molecule has 4 rings (SSSR count). The highest BCUT2D eigenvalue weighted by atomic mass is 16.1.